The Kier molecular flexibility index (Phi) is 4.08. The Morgan fingerprint density at radius 3 is 2.32 bits per heavy atom. The average Bonchev–Trinajstić information content (AvgIpc) is 2.79. The van der Waals surface area contributed by atoms with Crippen LogP contribution in [0.15, 0.2) is 0 Å². The molecule has 2 atom stereocenters. The van der Waals surface area contributed by atoms with E-state index in [9.17, 15) is 9.90 Å². The molecule has 1 heterocycles. The standard InChI is InChI=1S/C15H26N2O2/c18-15(19)11-8-13(16-12-4-1-2-5-12)10-17(9-11)14-6-3-7-14/h11-14,16H,1-10H2,(H,18,19). The Labute approximate surface area is 115 Å². The minimum atomic E-state index is -0.609. The van der Waals surface area contributed by atoms with Crippen LogP contribution in [0.25, 0.3) is 0 Å². The van der Waals surface area contributed by atoms with Gasteiger partial charge in [0, 0.05) is 31.2 Å². The number of aliphatic carboxylic acids is 1. The molecule has 2 unspecified atom stereocenters. The zero-order valence-corrected chi connectivity index (χ0v) is 11.7. The van der Waals surface area contributed by atoms with Gasteiger partial charge in [0.05, 0.1) is 5.92 Å². The molecule has 19 heavy (non-hydrogen) atoms. The Bertz CT molecular complexity index is 324. The molecule has 0 amide bonds. The molecule has 2 N–H and O–H groups in total. The van der Waals surface area contributed by atoms with Crippen LogP contribution in [-0.4, -0.2) is 47.2 Å². The molecule has 0 spiro atoms. The van der Waals surface area contributed by atoms with Gasteiger partial charge in [-0.1, -0.05) is 19.3 Å². The quantitative estimate of drug-likeness (QED) is 0.815. The normalized spacial score (nSPS) is 34.3. The van der Waals surface area contributed by atoms with Crippen LogP contribution in [0, 0.1) is 5.92 Å². The van der Waals surface area contributed by atoms with E-state index in [2.05, 4.69) is 10.2 Å². The van der Waals surface area contributed by atoms with Gasteiger partial charge in [-0.25, -0.2) is 0 Å². The summed E-state index contributed by atoms with van der Waals surface area (Å²) in [5.41, 5.74) is 0. The van der Waals surface area contributed by atoms with Crippen molar-refractivity contribution in [3.05, 3.63) is 0 Å². The highest BCUT2D eigenvalue weighted by Gasteiger charge is 2.37. The zero-order chi connectivity index (χ0) is 13.2. The summed E-state index contributed by atoms with van der Waals surface area (Å²) >= 11 is 0. The second-order valence-electron chi connectivity index (χ2n) is 6.65. The molecule has 3 rings (SSSR count). The van der Waals surface area contributed by atoms with Crippen molar-refractivity contribution in [2.24, 2.45) is 5.92 Å². The number of hydrogen-bond acceptors (Lipinski definition) is 3. The Hall–Kier alpha value is -0.610. The fraction of sp³-hybridized carbons (Fsp3) is 0.933. The number of carboxylic acid groups (broad SMARTS) is 1. The largest absolute Gasteiger partial charge is 0.481 e. The van der Waals surface area contributed by atoms with Crippen molar-refractivity contribution in [1.29, 1.82) is 0 Å². The van der Waals surface area contributed by atoms with Crippen LogP contribution in [0.2, 0.25) is 0 Å². The summed E-state index contributed by atoms with van der Waals surface area (Å²) < 4.78 is 0. The van der Waals surface area contributed by atoms with Gasteiger partial charge in [0.2, 0.25) is 0 Å². The first kappa shape index (κ1) is 13.4. The summed E-state index contributed by atoms with van der Waals surface area (Å²) in [6.07, 6.45) is 9.88. The van der Waals surface area contributed by atoms with Gasteiger partial charge in [0.1, 0.15) is 0 Å². The zero-order valence-electron chi connectivity index (χ0n) is 11.7. The molecule has 2 aliphatic carbocycles. The highest BCUT2D eigenvalue weighted by molar-refractivity contribution is 5.70. The molecule has 3 aliphatic rings. The third kappa shape index (κ3) is 3.11. The van der Waals surface area contributed by atoms with Crippen LogP contribution in [-0.2, 0) is 4.79 Å². The first-order valence-electron chi connectivity index (χ1n) is 7.95. The smallest absolute Gasteiger partial charge is 0.307 e. The summed E-state index contributed by atoms with van der Waals surface area (Å²) in [6, 6.07) is 1.69. The number of carboxylic acids is 1. The van der Waals surface area contributed by atoms with E-state index < -0.39 is 5.97 Å². The maximum Gasteiger partial charge on any atom is 0.307 e. The SMILES string of the molecule is O=C(O)C1CC(NC2CCCC2)CN(C2CCC2)C1. The fourth-order valence-corrected chi connectivity index (χ4v) is 3.91. The number of nitrogens with zero attached hydrogens (tertiary/aromatic N) is 1. The third-order valence-electron chi connectivity index (χ3n) is 5.25. The topological polar surface area (TPSA) is 52.6 Å². The van der Waals surface area contributed by atoms with Gasteiger partial charge in [-0.3, -0.25) is 9.69 Å². The minimum absolute atomic E-state index is 0.173. The maximum atomic E-state index is 11.4. The van der Waals surface area contributed by atoms with Crippen LogP contribution >= 0.6 is 0 Å². The van der Waals surface area contributed by atoms with Crippen LogP contribution in [0.5, 0.6) is 0 Å². The van der Waals surface area contributed by atoms with Crippen molar-refractivity contribution >= 4 is 5.97 Å². The minimum Gasteiger partial charge on any atom is -0.481 e. The van der Waals surface area contributed by atoms with Gasteiger partial charge in [-0.15, -0.1) is 0 Å². The Morgan fingerprint density at radius 2 is 1.74 bits per heavy atom. The van der Waals surface area contributed by atoms with E-state index in [0.717, 1.165) is 19.5 Å². The first-order chi connectivity index (χ1) is 9.22. The van der Waals surface area contributed by atoms with E-state index in [1.807, 2.05) is 0 Å². The van der Waals surface area contributed by atoms with Gasteiger partial charge in [0.15, 0.2) is 0 Å². The monoisotopic (exact) mass is 266 g/mol. The number of likely N-dealkylation sites (tertiary alicyclic amines) is 1. The number of hydrogen-bond donors (Lipinski definition) is 2. The summed E-state index contributed by atoms with van der Waals surface area (Å²) in [4.78, 5) is 13.8. The fourth-order valence-electron chi connectivity index (χ4n) is 3.91. The number of nitrogens with one attached hydrogen (secondary N) is 1. The molecule has 4 nitrogen and oxygen atoms in total. The van der Waals surface area contributed by atoms with Crippen molar-refractivity contribution < 1.29 is 9.90 Å². The van der Waals surface area contributed by atoms with E-state index in [1.54, 1.807) is 0 Å². The molecule has 3 fully saturated rings. The molecular weight excluding hydrogens is 240 g/mol. The van der Waals surface area contributed by atoms with E-state index in [-0.39, 0.29) is 5.92 Å². The van der Waals surface area contributed by atoms with Gasteiger partial charge >= 0.3 is 5.97 Å². The van der Waals surface area contributed by atoms with Crippen LogP contribution in [0.1, 0.15) is 51.4 Å². The summed E-state index contributed by atoms with van der Waals surface area (Å²) in [5.74, 6) is -0.782. The molecule has 0 aromatic heterocycles. The lowest BCUT2D eigenvalue weighted by Gasteiger charge is -2.45. The van der Waals surface area contributed by atoms with E-state index in [1.165, 1.54) is 44.9 Å². The van der Waals surface area contributed by atoms with E-state index in [0.29, 0.717) is 18.1 Å². The maximum absolute atomic E-state index is 11.4. The molecular formula is C15H26N2O2. The molecule has 0 aromatic carbocycles. The number of carbonyl (C=O) groups is 1. The van der Waals surface area contributed by atoms with Crippen molar-refractivity contribution in [2.75, 3.05) is 13.1 Å². The number of rotatable bonds is 4. The predicted molar refractivity (Wildman–Crippen MR) is 74.1 cm³/mol. The molecule has 1 saturated heterocycles. The molecule has 108 valence electrons. The average molecular weight is 266 g/mol. The second kappa shape index (κ2) is 5.80. The Morgan fingerprint density at radius 1 is 1.00 bits per heavy atom. The van der Waals surface area contributed by atoms with Gasteiger partial charge in [0.25, 0.3) is 0 Å². The van der Waals surface area contributed by atoms with Crippen molar-refractivity contribution in [3.63, 3.8) is 0 Å². The molecule has 4 heteroatoms. The lowest BCUT2D eigenvalue weighted by atomic mass is 9.86. The van der Waals surface area contributed by atoms with Crippen LogP contribution in [0.4, 0.5) is 0 Å². The first-order valence-corrected chi connectivity index (χ1v) is 7.95. The molecule has 0 aromatic rings. The van der Waals surface area contributed by atoms with Gasteiger partial charge in [-0.05, 0) is 32.1 Å². The molecule has 2 saturated carbocycles. The lowest BCUT2D eigenvalue weighted by molar-refractivity contribution is -0.144. The van der Waals surface area contributed by atoms with Crippen molar-refractivity contribution in [1.82, 2.24) is 10.2 Å². The molecule has 0 bridgehead atoms. The molecule has 0 radical (unpaired) electrons. The van der Waals surface area contributed by atoms with Crippen LogP contribution in [0.3, 0.4) is 0 Å². The molecule has 1 aliphatic heterocycles. The second-order valence-corrected chi connectivity index (χ2v) is 6.65. The highest BCUT2D eigenvalue weighted by Crippen LogP contribution is 2.30. The van der Waals surface area contributed by atoms with Gasteiger partial charge < -0.3 is 10.4 Å². The van der Waals surface area contributed by atoms with Crippen molar-refractivity contribution in [2.45, 2.75) is 69.5 Å². The lowest BCUT2D eigenvalue weighted by Crippen LogP contribution is -2.56. The van der Waals surface area contributed by atoms with E-state index >= 15 is 0 Å². The van der Waals surface area contributed by atoms with Crippen LogP contribution < -0.4 is 5.32 Å². The van der Waals surface area contributed by atoms with Gasteiger partial charge in [-0.2, -0.15) is 0 Å². The number of piperidine rings is 1. The predicted octanol–water partition coefficient (Wildman–Crippen LogP) is 1.85. The highest BCUT2D eigenvalue weighted by atomic mass is 16.4. The third-order valence-corrected chi connectivity index (χ3v) is 5.25. The van der Waals surface area contributed by atoms with Crippen molar-refractivity contribution in [3.8, 4) is 0 Å². The summed E-state index contributed by atoms with van der Waals surface area (Å²) in [7, 11) is 0. The van der Waals surface area contributed by atoms with E-state index in [4.69, 9.17) is 0 Å². The summed E-state index contributed by atoms with van der Waals surface area (Å²) in [5, 5.41) is 13.1. The Balaban J connectivity index is 1.59. The summed E-state index contributed by atoms with van der Waals surface area (Å²) in [6.45, 7) is 1.83.